The Morgan fingerprint density at radius 1 is 1.05 bits per heavy atom. The summed E-state index contributed by atoms with van der Waals surface area (Å²) in [4.78, 5) is 45.1. The number of benzene rings is 1. The first kappa shape index (κ1) is 36.4. The van der Waals surface area contributed by atoms with Gasteiger partial charge < -0.3 is 15.5 Å². The predicted octanol–water partition coefficient (Wildman–Crippen LogP) is 5.13. The molecule has 0 radical (unpaired) electrons. The Kier molecular flexibility index (Phi) is 14.4. The maximum atomic E-state index is 13.8. The zero-order chi connectivity index (χ0) is 32.9. The van der Waals surface area contributed by atoms with E-state index < -0.39 is 17.8 Å². The van der Waals surface area contributed by atoms with Gasteiger partial charge in [-0.1, -0.05) is 12.1 Å². The number of hydrogen-bond acceptors (Lipinski definition) is 5. The Morgan fingerprint density at radius 2 is 1.75 bits per heavy atom. The third kappa shape index (κ3) is 10.7. The van der Waals surface area contributed by atoms with Crippen LogP contribution < -0.4 is 11.4 Å². The maximum absolute atomic E-state index is 13.8. The molecule has 1 aromatic carbocycles. The van der Waals surface area contributed by atoms with Crippen LogP contribution in [-0.4, -0.2) is 76.1 Å². The molecule has 2 aromatic heterocycles. The largest absolute Gasteiger partial charge is 0.386 e. The number of amides is 2. The van der Waals surface area contributed by atoms with Gasteiger partial charge in [0.1, 0.15) is 0 Å². The smallest absolute Gasteiger partial charge is 0.345 e. The average molecular weight is 629 g/mol. The Hall–Kier alpha value is -3.81. The van der Waals surface area contributed by atoms with Crippen molar-refractivity contribution in [3.63, 3.8) is 0 Å². The van der Waals surface area contributed by atoms with E-state index in [1.54, 1.807) is 26.6 Å². The number of fused-ring (bicyclic) bond motifs is 1. The number of likely N-dealkylation sites (tertiary alicyclic amines) is 2. The standard InChI is InChI=1S/C14H17F2NO.C13H16N4O2.C2H3F3.CH5N/c1-2-17-9-10(5-3-8-13(17)18)11-6-4-7-12(15)14(11)16;18-9-16-7-2-3-10(5-8-16)17-11-4-1-6-14-12(11)15-13(17)19;1-2(3,4)5;1-2/h4,6-7,10H,2-3,5,8-9H2,1H3;1,4,6,9-10H,2-3,5,7-8H2,(H,14,15,19);1H3;2H2,1H3. The van der Waals surface area contributed by atoms with Gasteiger partial charge in [-0.25, -0.2) is 18.6 Å². The molecule has 5 rings (SSSR count). The summed E-state index contributed by atoms with van der Waals surface area (Å²) in [6.45, 7) is 4.67. The number of hydrogen-bond donors (Lipinski definition) is 2. The van der Waals surface area contributed by atoms with E-state index in [9.17, 15) is 36.3 Å². The van der Waals surface area contributed by atoms with Crippen molar-refractivity contribution in [1.82, 2.24) is 24.3 Å². The summed E-state index contributed by atoms with van der Waals surface area (Å²) >= 11 is 0. The fourth-order valence-electron chi connectivity index (χ4n) is 5.30. The molecule has 0 saturated carbocycles. The van der Waals surface area contributed by atoms with Gasteiger partial charge in [-0.05, 0) is 69.8 Å². The molecule has 44 heavy (non-hydrogen) atoms. The maximum Gasteiger partial charge on any atom is 0.386 e. The van der Waals surface area contributed by atoms with Gasteiger partial charge in [-0.15, -0.1) is 0 Å². The molecule has 244 valence electrons. The molecule has 14 heteroatoms. The third-order valence-corrected chi connectivity index (χ3v) is 7.28. The predicted molar refractivity (Wildman–Crippen MR) is 158 cm³/mol. The summed E-state index contributed by atoms with van der Waals surface area (Å²) in [5.74, 6) is -1.58. The summed E-state index contributed by atoms with van der Waals surface area (Å²) in [6.07, 6.45) is 3.15. The van der Waals surface area contributed by atoms with Crippen molar-refractivity contribution in [2.45, 2.75) is 70.5 Å². The normalized spacial score (nSPS) is 18.9. The molecule has 0 spiro atoms. The van der Waals surface area contributed by atoms with Gasteiger partial charge in [0, 0.05) is 57.7 Å². The lowest BCUT2D eigenvalue weighted by Gasteiger charge is -2.23. The highest BCUT2D eigenvalue weighted by atomic mass is 19.4. The number of likely N-dealkylation sites (N-methyl/N-ethyl adjacent to an activating group) is 1. The van der Waals surface area contributed by atoms with Crippen molar-refractivity contribution in [2.24, 2.45) is 5.73 Å². The van der Waals surface area contributed by atoms with Crippen molar-refractivity contribution in [1.29, 1.82) is 0 Å². The summed E-state index contributed by atoms with van der Waals surface area (Å²) in [5.41, 5.74) is 6.25. The molecule has 2 atom stereocenters. The van der Waals surface area contributed by atoms with Gasteiger partial charge in [-0.3, -0.25) is 19.1 Å². The van der Waals surface area contributed by atoms with Gasteiger partial charge in [-0.2, -0.15) is 13.2 Å². The summed E-state index contributed by atoms with van der Waals surface area (Å²) < 4.78 is 59.9. The van der Waals surface area contributed by atoms with Gasteiger partial charge in [0.25, 0.3) is 0 Å². The number of aromatic nitrogens is 3. The van der Waals surface area contributed by atoms with Gasteiger partial charge in [0.05, 0.1) is 5.52 Å². The molecule has 2 unspecified atom stereocenters. The minimum atomic E-state index is -4.00. The molecule has 2 aliphatic rings. The minimum absolute atomic E-state index is 0.105. The second-order valence-corrected chi connectivity index (χ2v) is 10.3. The van der Waals surface area contributed by atoms with Crippen LogP contribution >= 0.6 is 0 Å². The van der Waals surface area contributed by atoms with E-state index >= 15 is 0 Å². The number of nitrogens with zero attached hydrogens (tertiary/aromatic N) is 4. The molecule has 2 amide bonds. The van der Waals surface area contributed by atoms with Crippen LogP contribution in [0, 0.1) is 11.6 Å². The number of carbonyl (C=O) groups excluding carboxylic acids is 2. The highest BCUT2D eigenvalue weighted by Gasteiger charge is 2.26. The Bertz CT molecular complexity index is 1390. The van der Waals surface area contributed by atoms with Crippen molar-refractivity contribution in [2.75, 3.05) is 33.2 Å². The highest BCUT2D eigenvalue weighted by molar-refractivity contribution is 5.76. The Morgan fingerprint density at radius 3 is 2.41 bits per heavy atom. The van der Waals surface area contributed by atoms with E-state index in [1.807, 2.05) is 19.1 Å². The fraction of sp³-hybridized carbons (Fsp3) is 0.533. The Labute approximate surface area is 253 Å². The fourth-order valence-corrected chi connectivity index (χ4v) is 5.30. The summed E-state index contributed by atoms with van der Waals surface area (Å²) in [5, 5.41) is 0. The lowest BCUT2D eigenvalue weighted by Crippen LogP contribution is -2.32. The topological polar surface area (TPSA) is 117 Å². The van der Waals surface area contributed by atoms with Crippen molar-refractivity contribution in [3.05, 3.63) is 64.2 Å². The highest BCUT2D eigenvalue weighted by Crippen LogP contribution is 2.29. The lowest BCUT2D eigenvalue weighted by molar-refractivity contribution is -0.130. The summed E-state index contributed by atoms with van der Waals surface area (Å²) in [6, 6.07) is 8.14. The number of H-pyrrole nitrogens is 1. The van der Waals surface area contributed by atoms with Gasteiger partial charge in [0.15, 0.2) is 17.3 Å². The molecule has 3 aromatic rings. The first-order valence-corrected chi connectivity index (χ1v) is 14.5. The molecule has 0 bridgehead atoms. The second kappa shape index (κ2) is 17.5. The third-order valence-electron chi connectivity index (χ3n) is 7.28. The van der Waals surface area contributed by atoms with Crippen LogP contribution in [0.5, 0.6) is 0 Å². The number of imidazole rings is 1. The minimum Gasteiger partial charge on any atom is -0.345 e. The van der Waals surface area contributed by atoms with Crippen LogP contribution in [0.4, 0.5) is 22.0 Å². The average Bonchev–Trinajstić information content (AvgIpc) is 3.12. The molecule has 2 aliphatic heterocycles. The number of carbonyl (C=O) groups is 2. The number of pyridine rings is 1. The Balaban J connectivity index is 0.000000255. The number of aromatic amines is 1. The zero-order valence-electron chi connectivity index (χ0n) is 25.2. The van der Waals surface area contributed by atoms with E-state index in [4.69, 9.17) is 0 Å². The van der Waals surface area contributed by atoms with Crippen LogP contribution in [0.2, 0.25) is 0 Å². The first-order valence-electron chi connectivity index (χ1n) is 14.5. The number of rotatable bonds is 4. The SMILES string of the molecule is CC(F)(F)F.CCN1CC(c2cccc(F)c2F)CCCC1=O.CN.O=CN1CCCC(n2c(=O)[nH]c3ncccc32)CC1. The van der Waals surface area contributed by atoms with E-state index in [2.05, 4.69) is 15.7 Å². The monoisotopic (exact) mass is 628 g/mol. The number of nitrogens with one attached hydrogen (secondary N) is 1. The van der Waals surface area contributed by atoms with Crippen LogP contribution in [0.3, 0.4) is 0 Å². The van der Waals surface area contributed by atoms with Crippen LogP contribution in [0.1, 0.15) is 69.9 Å². The number of nitrogens with two attached hydrogens (primary N) is 1. The molecule has 9 nitrogen and oxygen atoms in total. The van der Waals surface area contributed by atoms with Crippen molar-refractivity contribution in [3.8, 4) is 0 Å². The van der Waals surface area contributed by atoms with E-state index in [-0.39, 0.29) is 30.5 Å². The van der Waals surface area contributed by atoms with Crippen LogP contribution in [-0.2, 0) is 9.59 Å². The molecule has 3 N–H and O–H groups in total. The van der Waals surface area contributed by atoms with Gasteiger partial charge >= 0.3 is 11.9 Å². The molecule has 2 saturated heterocycles. The molecule has 2 fully saturated rings. The lowest BCUT2D eigenvalue weighted by atomic mass is 9.93. The van der Waals surface area contributed by atoms with Gasteiger partial charge in [0.2, 0.25) is 12.3 Å². The number of halogens is 5. The van der Waals surface area contributed by atoms with Crippen LogP contribution in [0.25, 0.3) is 11.2 Å². The number of alkyl halides is 3. The van der Waals surface area contributed by atoms with Crippen molar-refractivity contribution < 1.29 is 31.5 Å². The molecular weight excluding hydrogens is 587 g/mol. The van der Waals surface area contributed by atoms with E-state index in [0.717, 1.165) is 56.6 Å². The summed E-state index contributed by atoms with van der Waals surface area (Å²) in [7, 11) is 1.50. The zero-order valence-corrected chi connectivity index (χ0v) is 25.2. The van der Waals surface area contributed by atoms with Crippen LogP contribution in [0.15, 0.2) is 41.3 Å². The van der Waals surface area contributed by atoms with Crippen molar-refractivity contribution >= 4 is 23.5 Å². The molecule has 4 heterocycles. The molecular formula is C30H41F5N6O3. The quantitative estimate of drug-likeness (QED) is 0.307. The van der Waals surface area contributed by atoms with E-state index in [0.29, 0.717) is 37.3 Å². The second-order valence-electron chi connectivity index (χ2n) is 10.3. The van der Waals surface area contributed by atoms with E-state index in [1.165, 1.54) is 13.1 Å². The molecule has 0 aliphatic carbocycles. The first-order chi connectivity index (χ1) is 20.9.